The molecule has 1 aliphatic heterocycles. The average molecular weight is 455 g/mol. The Kier molecular flexibility index (Phi) is 4.63. The molecular formula is C25H23F2NO5. The predicted octanol–water partition coefficient (Wildman–Crippen LogP) is 5.84. The molecule has 0 atom stereocenters. The van der Waals surface area contributed by atoms with E-state index in [-0.39, 0.29) is 25.8 Å². The van der Waals surface area contributed by atoms with Crippen LogP contribution < -0.4 is 14.8 Å². The molecule has 2 N–H and O–H groups in total. The molecule has 0 saturated heterocycles. The zero-order chi connectivity index (χ0) is 23.4. The van der Waals surface area contributed by atoms with Gasteiger partial charge in [-0.15, -0.1) is 8.78 Å². The van der Waals surface area contributed by atoms with Crippen LogP contribution in [0.25, 0.3) is 11.1 Å². The first-order valence-corrected chi connectivity index (χ1v) is 10.3. The number of halogens is 2. The van der Waals surface area contributed by atoms with Gasteiger partial charge in [-0.05, 0) is 78.4 Å². The molecule has 1 aliphatic carbocycles. The third-order valence-corrected chi connectivity index (χ3v) is 6.05. The Morgan fingerprint density at radius 3 is 2.48 bits per heavy atom. The molecule has 1 heterocycles. The maximum absolute atomic E-state index is 13.4. The van der Waals surface area contributed by atoms with Gasteiger partial charge in [-0.25, -0.2) is 4.79 Å². The lowest BCUT2D eigenvalue weighted by Crippen LogP contribution is -2.28. The number of hydrogen-bond acceptors (Lipinski definition) is 4. The quantitative estimate of drug-likeness (QED) is 0.505. The lowest BCUT2D eigenvalue weighted by Gasteiger charge is -2.17. The van der Waals surface area contributed by atoms with Gasteiger partial charge in [-0.1, -0.05) is 24.3 Å². The zero-order valence-corrected chi connectivity index (χ0v) is 17.5. The van der Waals surface area contributed by atoms with Crippen LogP contribution in [0.3, 0.4) is 0 Å². The Morgan fingerprint density at radius 1 is 1.00 bits per heavy atom. The maximum Gasteiger partial charge on any atom is 0.586 e. The first-order valence-electron chi connectivity index (χ1n) is 10.3. The number of carboxylic acids is 1. The number of hydrogen-bond donors (Lipinski definition) is 2. The number of anilines is 1. The molecule has 0 unspecified atom stereocenters. The number of carbonyl (C=O) groups is 2. The number of rotatable bonds is 5. The summed E-state index contributed by atoms with van der Waals surface area (Å²) in [5, 5.41) is 12.2. The van der Waals surface area contributed by atoms with Gasteiger partial charge in [0.05, 0.1) is 11.0 Å². The van der Waals surface area contributed by atoms with Crippen molar-refractivity contribution < 1.29 is 35.8 Å². The fourth-order valence-electron chi connectivity index (χ4n) is 4.10. The Bertz CT molecular complexity index is 1310. The molecule has 1 amide bonds. The van der Waals surface area contributed by atoms with E-state index in [1.54, 1.807) is 30.3 Å². The van der Waals surface area contributed by atoms with Gasteiger partial charge in [0, 0.05) is 8.54 Å². The highest BCUT2D eigenvalue weighted by Crippen LogP contribution is 2.52. The number of alkyl halides is 2. The van der Waals surface area contributed by atoms with E-state index >= 15 is 0 Å². The van der Waals surface area contributed by atoms with Crippen LogP contribution in [-0.4, -0.2) is 23.3 Å². The molecule has 0 radical (unpaired) electrons. The van der Waals surface area contributed by atoms with Crippen LogP contribution in [-0.2, 0) is 10.2 Å². The monoisotopic (exact) mass is 455 g/mol. The van der Waals surface area contributed by atoms with Crippen LogP contribution in [0.4, 0.5) is 14.5 Å². The van der Waals surface area contributed by atoms with Crippen molar-refractivity contribution in [1.29, 1.82) is 0 Å². The second kappa shape index (κ2) is 7.30. The lowest BCUT2D eigenvalue weighted by molar-refractivity contribution is -0.286. The van der Waals surface area contributed by atoms with Crippen LogP contribution in [0.2, 0.25) is 0 Å². The van der Waals surface area contributed by atoms with Crippen molar-refractivity contribution in [2.24, 2.45) is 0 Å². The summed E-state index contributed by atoms with van der Waals surface area (Å²) in [4.78, 5) is 24.5. The molecule has 2 aliphatic rings. The molecule has 5 rings (SSSR count). The molecule has 8 heteroatoms. The van der Waals surface area contributed by atoms with Crippen molar-refractivity contribution in [1.82, 2.24) is 0 Å². The molecule has 3 aromatic carbocycles. The third-order valence-electron chi connectivity index (χ3n) is 6.05. The van der Waals surface area contributed by atoms with E-state index in [1.165, 1.54) is 18.2 Å². The topological polar surface area (TPSA) is 84.9 Å². The van der Waals surface area contributed by atoms with Gasteiger partial charge in [0.2, 0.25) is 5.91 Å². The van der Waals surface area contributed by atoms with Gasteiger partial charge in [-0.2, -0.15) is 0 Å². The van der Waals surface area contributed by atoms with Gasteiger partial charge in [0.15, 0.2) is 11.5 Å². The first-order chi connectivity index (χ1) is 15.7. The van der Waals surface area contributed by atoms with Crippen LogP contribution in [0.5, 0.6) is 11.5 Å². The van der Waals surface area contributed by atoms with Crippen molar-refractivity contribution in [3.8, 4) is 22.6 Å². The Hall–Kier alpha value is -3.94. The number of aromatic carboxylic acids is 1. The van der Waals surface area contributed by atoms with E-state index in [1.807, 2.05) is 19.1 Å². The normalized spacial score (nSPS) is 16.8. The third kappa shape index (κ3) is 3.77. The fourth-order valence-corrected chi connectivity index (χ4v) is 4.10. The number of nitrogens with one attached hydrogen (secondary N) is 1. The van der Waals surface area contributed by atoms with E-state index < -0.39 is 17.7 Å². The van der Waals surface area contributed by atoms with E-state index in [4.69, 9.17) is 0 Å². The minimum atomic E-state index is -3.71. The molecule has 1 fully saturated rings. The number of aryl methyl sites for hydroxylation is 1. The zero-order valence-electron chi connectivity index (χ0n) is 17.5. The molecule has 3 aromatic rings. The minimum absolute atomic E-state index is 0. The van der Waals surface area contributed by atoms with Crippen LogP contribution in [0, 0.1) is 6.92 Å². The number of carboxylic acid groups (broad SMARTS) is 1. The van der Waals surface area contributed by atoms with Crippen LogP contribution >= 0.6 is 0 Å². The summed E-state index contributed by atoms with van der Waals surface area (Å²) in [6.07, 6.45) is -2.56. The van der Waals surface area contributed by atoms with Crippen molar-refractivity contribution >= 4 is 17.6 Å². The molecule has 33 heavy (non-hydrogen) atoms. The number of benzene rings is 3. The average Bonchev–Trinajstić information content (AvgIpc) is 3.52. The smallest absolute Gasteiger partial charge is 0.478 e. The summed E-state index contributed by atoms with van der Waals surface area (Å²) in [6.45, 7) is 1.90. The number of amides is 1. The van der Waals surface area contributed by atoms with Gasteiger partial charge in [-0.3, -0.25) is 4.79 Å². The highest BCUT2D eigenvalue weighted by Gasteiger charge is 2.52. The van der Waals surface area contributed by atoms with E-state index in [0.29, 0.717) is 24.1 Å². The van der Waals surface area contributed by atoms with Crippen molar-refractivity contribution in [3.05, 3.63) is 77.4 Å². The number of ether oxygens (including phenoxy) is 2. The highest BCUT2D eigenvalue weighted by molar-refractivity contribution is 6.02. The predicted molar refractivity (Wildman–Crippen MR) is 120 cm³/mol. The SMILES string of the molecule is Cc1ccc(NC(=O)C2(c3ccc4c(c3)OC(F)(F)O4)CC2)cc1-c1cccc(C(=O)O)c1.[HH].[HH]. The largest absolute Gasteiger partial charge is 0.586 e. The van der Waals surface area contributed by atoms with Gasteiger partial charge in [0.25, 0.3) is 0 Å². The Morgan fingerprint density at radius 2 is 1.76 bits per heavy atom. The van der Waals surface area contributed by atoms with Gasteiger partial charge >= 0.3 is 12.3 Å². The molecule has 0 bridgehead atoms. The van der Waals surface area contributed by atoms with Crippen molar-refractivity contribution in [3.63, 3.8) is 0 Å². The molecule has 0 spiro atoms. The molecular weight excluding hydrogens is 432 g/mol. The standard InChI is InChI=1S/C25H19F2NO5.2H2/c1-14-5-7-18(13-19(14)15-3-2-4-16(11-15)22(29)30)28-23(31)24(9-10-24)17-6-8-20-21(12-17)33-25(26,27)32-20;;/h2-8,11-13H,9-10H2,1H3,(H,28,31)(H,29,30);2*1H. The molecule has 6 nitrogen and oxygen atoms in total. The summed E-state index contributed by atoms with van der Waals surface area (Å²) in [7, 11) is 0. The minimum Gasteiger partial charge on any atom is -0.478 e. The molecule has 172 valence electrons. The summed E-state index contributed by atoms with van der Waals surface area (Å²) >= 11 is 0. The lowest BCUT2D eigenvalue weighted by atomic mass is 9.94. The second-order valence-electron chi connectivity index (χ2n) is 8.28. The second-order valence-corrected chi connectivity index (χ2v) is 8.28. The molecule has 0 aromatic heterocycles. The summed E-state index contributed by atoms with van der Waals surface area (Å²) < 4.78 is 35.7. The maximum atomic E-state index is 13.4. The summed E-state index contributed by atoms with van der Waals surface area (Å²) in [5.74, 6) is -1.42. The van der Waals surface area contributed by atoms with E-state index in [0.717, 1.165) is 16.7 Å². The summed E-state index contributed by atoms with van der Waals surface area (Å²) in [5.41, 5.74) is 2.93. The van der Waals surface area contributed by atoms with E-state index in [2.05, 4.69) is 14.8 Å². The van der Waals surface area contributed by atoms with Crippen LogP contribution in [0.15, 0.2) is 60.7 Å². The van der Waals surface area contributed by atoms with Crippen LogP contribution in [0.1, 0.15) is 37.2 Å². The van der Waals surface area contributed by atoms with Gasteiger partial charge < -0.3 is 19.9 Å². The van der Waals surface area contributed by atoms with Crippen molar-refractivity contribution in [2.75, 3.05) is 5.32 Å². The number of fused-ring (bicyclic) bond motifs is 1. The van der Waals surface area contributed by atoms with Crippen molar-refractivity contribution in [2.45, 2.75) is 31.5 Å². The Labute approximate surface area is 190 Å². The summed E-state index contributed by atoms with van der Waals surface area (Å²) in [6, 6.07) is 16.4. The highest BCUT2D eigenvalue weighted by atomic mass is 19.3. The number of carbonyl (C=O) groups excluding carboxylic acids is 1. The Balaban J connectivity index is 0.00000171. The fraction of sp³-hybridized carbons (Fsp3) is 0.200. The van der Waals surface area contributed by atoms with E-state index in [9.17, 15) is 23.5 Å². The molecule has 1 saturated carbocycles. The van der Waals surface area contributed by atoms with Gasteiger partial charge in [0.1, 0.15) is 0 Å². The first kappa shape index (κ1) is 20.9.